The van der Waals surface area contributed by atoms with Gasteiger partial charge >= 0.3 is 5.97 Å². The molecular formula is C53H98O9. The van der Waals surface area contributed by atoms with E-state index in [1.54, 1.807) is 0 Å². The summed E-state index contributed by atoms with van der Waals surface area (Å²) in [5, 5.41) is 40.2. The van der Waals surface area contributed by atoms with Crippen LogP contribution in [0.1, 0.15) is 232 Å². The Morgan fingerprint density at radius 1 is 0.532 bits per heavy atom. The zero-order valence-electron chi connectivity index (χ0n) is 40.1. The molecule has 1 fully saturated rings. The number of aliphatic hydroxyl groups is 4. The lowest BCUT2D eigenvalue weighted by Crippen LogP contribution is -2.59. The minimum Gasteiger partial charge on any atom is -0.457 e. The van der Waals surface area contributed by atoms with Gasteiger partial charge in [0.05, 0.1) is 19.8 Å². The van der Waals surface area contributed by atoms with Gasteiger partial charge in [0.25, 0.3) is 0 Å². The molecule has 0 aromatic rings. The van der Waals surface area contributed by atoms with E-state index in [4.69, 9.17) is 18.9 Å². The monoisotopic (exact) mass is 879 g/mol. The highest BCUT2D eigenvalue weighted by Gasteiger charge is 2.44. The maximum absolute atomic E-state index is 12.8. The molecule has 0 spiro atoms. The fraction of sp³-hybridized carbons (Fsp3) is 0.868. The predicted octanol–water partition coefficient (Wildman–Crippen LogP) is 12.7. The van der Waals surface area contributed by atoms with E-state index < -0.39 is 43.4 Å². The van der Waals surface area contributed by atoms with E-state index in [0.29, 0.717) is 13.0 Å². The second-order valence-corrected chi connectivity index (χ2v) is 17.9. The Bertz CT molecular complexity index is 1050. The Balaban J connectivity index is 2.18. The number of hydrogen-bond acceptors (Lipinski definition) is 9. The van der Waals surface area contributed by atoms with Gasteiger partial charge in [0.15, 0.2) is 6.29 Å². The maximum Gasteiger partial charge on any atom is 0.306 e. The fourth-order valence-electron chi connectivity index (χ4n) is 8.04. The average molecular weight is 879 g/mol. The molecule has 4 N–H and O–H groups in total. The molecule has 1 heterocycles. The highest BCUT2D eigenvalue weighted by molar-refractivity contribution is 5.69. The van der Waals surface area contributed by atoms with Crippen molar-refractivity contribution in [2.75, 3.05) is 26.4 Å². The summed E-state index contributed by atoms with van der Waals surface area (Å²) in [4.78, 5) is 12.8. The Labute approximate surface area is 380 Å². The first-order chi connectivity index (χ1) is 30.4. The van der Waals surface area contributed by atoms with Crippen LogP contribution in [0.5, 0.6) is 0 Å². The number of ether oxygens (including phenoxy) is 4. The van der Waals surface area contributed by atoms with Crippen LogP contribution >= 0.6 is 0 Å². The zero-order valence-corrected chi connectivity index (χ0v) is 40.1. The average Bonchev–Trinajstić information content (AvgIpc) is 3.27. The SMILES string of the molecule is CC/C=C\C/C=C\C/C=C\CCCCCCCCCC(=O)OC(COCCCCCCCCCCCCCCCCCCCCCCCC)COC1OC(CO)C(O)C(O)C1O. The van der Waals surface area contributed by atoms with Crippen LogP contribution in [0.2, 0.25) is 0 Å². The molecule has 9 nitrogen and oxygen atoms in total. The second kappa shape index (κ2) is 44.6. The molecule has 1 saturated heterocycles. The highest BCUT2D eigenvalue weighted by atomic mass is 16.7. The normalized spacial score (nSPS) is 20.0. The molecule has 0 aromatic carbocycles. The van der Waals surface area contributed by atoms with Gasteiger partial charge in [0.1, 0.15) is 30.5 Å². The van der Waals surface area contributed by atoms with Crippen molar-refractivity contribution in [2.45, 2.75) is 269 Å². The van der Waals surface area contributed by atoms with Crippen LogP contribution in [0.3, 0.4) is 0 Å². The molecule has 1 aliphatic rings. The molecule has 0 amide bonds. The Hall–Kier alpha value is -1.59. The van der Waals surface area contributed by atoms with Gasteiger partial charge in [-0.3, -0.25) is 4.79 Å². The van der Waals surface area contributed by atoms with E-state index >= 15 is 0 Å². The van der Waals surface area contributed by atoms with E-state index in [1.807, 2.05) is 0 Å². The van der Waals surface area contributed by atoms with Gasteiger partial charge in [0.2, 0.25) is 0 Å². The third-order valence-corrected chi connectivity index (χ3v) is 12.1. The largest absolute Gasteiger partial charge is 0.457 e. The number of allylic oxidation sites excluding steroid dienone is 6. The minimum absolute atomic E-state index is 0.115. The number of esters is 1. The predicted molar refractivity (Wildman–Crippen MR) is 256 cm³/mol. The molecule has 0 aromatic heterocycles. The summed E-state index contributed by atoms with van der Waals surface area (Å²) in [6.45, 7) is 4.48. The van der Waals surface area contributed by atoms with Crippen molar-refractivity contribution < 1.29 is 44.2 Å². The number of rotatable bonds is 45. The summed E-state index contributed by atoms with van der Waals surface area (Å²) >= 11 is 0. The van der Waals surface area contributed by atoms with Crippen LogP contribution in [-0.4, -0.2) is 89.6 Å². The molecule has 6 unspecified atom stereocenters. The number of carbonyl (C=O) groups excluding carboxylic acids is 1. The smallest absolute Gasteiger partial charge is 0.306 e. The molecule has 0 aliphatic carbocycles. The highest BCUT2D eigenvalue weighted by Crippen LogP contribution is 2.23. The Morgan fingerprint density at radius 2 is 0.984 bits per heavy atom. The molecular weight excluding hydrogens is 781 g/mol. The van der Waals surface area contributed by atoms with Crippen LogP contribution in [0.4, 0.5) is 0 Å². The Morgan fingerprint density at radius 3 is 1.48 bits per heavy atom. The van der Waals surface area contributed by atoms with Crippen LogP contribution in [0.15, 0.2) is 36.5 Å². The van der Waals surface area contributed by atoms with Crippen molar-refractivity contribution in [1.82, 2.24) is 0 Å². The lowest BCUT2D eigenvalue weighted by Gasteiger charge is -2.39. The molecule has 1 rings (SSSR count). The summed E-state index contributed by atoms with van der Waals surface area (Å²) in [6.07, 6.45) is 47.5. The summed E-state index contributed by atoms with van der Waals surface area (Å²) in [5.41, 5.74) is 0. The lowest BCUT2D eigenvalue weighted by atomic mass is 9.99. The van der Waals surface area contributed by atoms with E-state index in [1.165, 1.54) is 148 Å². The van der Waals surface area contributed by atoms with Crippen LogP contribution in [0.25, 0.3) is 0 Å². The first kappa shape index (κ1) is 58.4. The topological polar surface area (TPSA) is 135 Å². The number of aliphatic hydroxyl groups excluding tert-OH is 4. The molecule has 62 heavy (non-hydrogen) atoms. The summed E-state index contributed by atoms with van der Waals surface area (Å²) < 4.78 is 22.9. The third-order valence-electron chi connectivity index (χ3n) is 12.1. The van der Waals surface area contributed by atoms with Crippen molar-refractivity contribution in [3.8, 4) is 0 Å². The molecule has 364 valence electrons. The zero-order chi connectivity index (χ0) is 45.0. The summed E-state index contributed by atoms with van der Waals surface area (Å²) in [7, 11) is 0. The van der Waals surface area contributed by atoms with Crippen molar-refractivity contribution in [1.29, 1.82) is 0 Å². The molecule has 0 saturated carbocycles. The van der Waals surface area contributed by atoms with Crippen LogP contribution < -0.4 is 0 Å². The van der Waals surface area contributed by atoms with E-state index in [2.05, 4.69) is 50.3 Å². The van der Waals surface area contributed by atoms with Crippen LogP contribution in [-0.2, 0) is 23.7 Å². The fourth-order valence-corrected chi connectivity index (χ4v) is 8.04. The maximum atomic E-state index is 12.8. The first-order valence-electron chi connectivity index (χ1n) is 26.1. The van der Waals surface area contributed by atoms with Crippen molar-refractivity contribution in [2.24, 2.45) is 0 Å². The molecule has 1 aliphatic heterocycles. The van der Waals surface area contributed by atoms with Gasteiger partial charge < -0.3 is 39.4 Å². The minimum atomic E-state index is -1.54. The van der Waals surface area contributed by atoms with Crippen molar-refractivity contribution in [3.05, 3.63) is 36.5 Å². The second-order valence-electron chi connectivity index (χ2n) is 17.9. The van der Waals surface area contributed by atoms with Gasteiger partial charge in [-0.2, -0.15) is 0 Å². The molecule has 6 atom stereocenters. The van der Waals surface area contributed by atoms with E-state index in [9.17, 15) is 25.2 Å². The third kappa shape index (κ3) is 34.8. The molecule has 9 heteroatoms. The van der Waals surface area contributed by atoms with Gasteiger partial charge in [-0.25, -0.2) is 0 Å². The van der Waals surface area contributed by atoms with Crippen molar-refractivity contribution >= 4 is 5.97 Å². The Kier molecular flexibility index (Phi) is 42.0. The molecule has 0 bridgehead atoms. The van der Waals surface area contributed by atoms with Gasteiger partial charge in [-0.15, -0.1) is 0 Å². The lowest BCUT2D eigenvalue weighted by molar-refractivity contribution is -0.305. The van der Waals surface area contributed by atoms with Gasteiger partial charge in [0, 0.05) is 13.0 Å². The van der Waals surface area contributed by atoms with E-state index in [0.717, 1.165) is 64.2 Å². The molecule has 0 radical (unpaired) electrons. The van der Waals surface area contributed by atoms with E-state index in [-0.39, 0.29) is 19.2 Å². The number of carbonyl (C=O) groups is 1. The quantitative estimate of drug-likeness (QED) is 0.0268. The van der Waals surface area contributed by atoms with Gasteiger partial charge in [-0.05, 0) is 44.9 Å². The standard InChI is InChI=1S/C53H98O9/c1-3-5-7-9-11-13-15-17-19-21-22-23-24-25-27-29-31-33-35-37-39-41-43-59-45-47(46-60-53-52(58)51(57)50(56)48(44-54)62-53)61-49(55)42-40-38-36-34-32-30-28-26-20-18-16-14-12-10-8-6-4-2/h6,8,12,14,18,20,47-48,50-54,56-58H,3-5,7,9-11,13,15-17,19,21-46H2,1-2H3/b8-6-,14-12-,20-18-. The van der Waals surface area contributed by atoms with Crippen molar-refractivity contribution in [3.63, 3.8) is 0 Å². The summed E-state index contributed by atoms with van der Waals surface area (Å²) in [5.74, 6) is -0.320. The first-order valence-corrected chi connectivity index (χ1v) is 26.1. The summed E-state index contributed by atoms with van der Waals surface area (Å²) in [6, 6.07) is 0. The number of hydrogen-bond donors (Lipinski definition) is 4. The van der Waals surface area contributed by atoms with Crippen LogP contribution in [0, 0.1) is 0 Å². The number of unbranched alkanes of at least 4 members (excludes halogenated alkanes) is 28. The van der Waals surface area contributed by atoms with Gasteiger partial charge in [-0.1, -0.05) is 217 Å².